The Kier molecular flexibility index (Phi) is 5.94. The lowest BCUT2D eigenvalue weighted by Crippen LogP contribution is -2.48. The van der Waals surface area contributed by atoms with Gasteiger partial charge in [0.05, 0.1) is 25.9 Å². The molecule has 0 N–H and O–H groups in total. The number of piperazine rings is 1. The van der Waals surface area contributed by atoms with Crippen molar-refractivity contribution in [3.05, 3.63) is 59.2 Å². The summed E-state index contributed by atoms with van der Waals surface area (Å²) in [6.45, 7) is 3.80. The van der Waals surface area contributed by atoms with Crippen LogP contribution in [0.1, 0.15) is 21.5 Å². The maximum atomic E-state index is 12.8. The highest BCUT2D eigenvalue weighted by molar-refractivity contribution is 5.95. The Bertz CT molecular complexity index is 812. The van der Waals surface area contributed by atoms with Crippen LogP contribution in [-0.4, -0.2) is 56.1 Å². The van der Waals surface area contributed by atoms with Crippen molar-refractivity contribution in [2.75, 3.05) is 40.4 Å². The highest BCUT2D eigenvalue weighted by Crippen LogP contribution is 2.24. The smallest absolute Gasteiger partial charge is 0.254 e. The molecule has 2 aromatic rings. The topological polar surface area (TPSA) is 65.8 Å². The summed E-state index contributed by atoms with van der Waals surface area (Å²) < 4.78 is 10.5. The number of methoxy groups -OCH3 is 2. The first kappa shape index (κ1) is 18.7. The molecule has 0 atom stereocenters. The molecule has 1 fully saturated rings. The van der Waals surface area contributed by atoms with Crippen molar-refractivity contribution in [3.63, 3.8) is 0 Å². The molecule has 0 saturated carbocycles. The van der Waals surface area contributed by atoms with E-state index in [9.17, 15) is 4.79 Å². The van der Waals surface area contributed by atoms with Crippen LogP contribution < -0.4 is 9.47 Å². The van der Waals surface area contributed by atoms with Crippen LogP contribution >= 0.6 is 0 Å². The van der Waals surface area contributed by atoms with Gasteiger partial charge in [-0.05, 0) is 29.8 Å². The first-order valence-electron chi connectivity index (χ1n) is 8.86. The van der Waals surface area contributed by atoms with Gasteiger partial charge in [-0.15, -0.1) is 0 Å². The zero-order valence-corrected chi connectivity index (χ0v) is 15.6. The van der Waals surface area contributed by atoms with Gasteiger partial charge in [0.2, 0.25) is 0 Å². The number of amides is 1. The molecule has 0 radical (unpaired) electrons. The van der Waals surface area contributed by atoms with Gasteiger partial charge in [0.1, 0.15) is 11.5 Å². The van der Waals surface area contributed by atoms with E-state index in [1.54, 1.807) is 32.4 Å². The molecule has 0 aliphatic carbocycles. The lowest BCUT2D eigenvalue weighted by molar-refractivity contribution is 0.0627. The molecule has 0 unspecified atom stereocenters. The largest absolute Gasteiger partial charge is 0.497 e. The van der Waals surface area contributed by atoms with Gasteiger partial charge in [0.25, 0.3) is 5.91 Å². The van der Waals surface area contributed by atoms with Crippen LogP contribution in [0.2, 0.25) is 0 Å². The summed E-state index contributed by atoms with van der Waals surface area (Å²) >= 11 is 0. The third kappa shape index (κ3) is 4.57. The van der Waals surface area contributed by atoms with E-state index in [0.717, 1.165) is 19.6 Å². The van der Waals surface area contributed by atoms with E-state index < -0.39 is 0 Å². The van der Waals surface area contributed by atoms with Gasteiger partial charge in [0.15, 0.2) is 0 Å². The SMILES string of the molecule is COc1cc(OC)cc(C(=O)N2CCN(Cc3ccc(C#N)cc3)CC2)c1. The van der Waals surface area contributed by atoms with Gasteiger partial charge < -0.3 is 14.4 Å². The standard InChI is InChI=1S/C21H23N3O3/c1-26-19-11-18(12-20(13-19)27-2)21(25)24-9-7-23(8-10-24)15-17-5-3-16(14-22)4-6-17/h3-6,11-13H,7-10,15H2,1-2H3. The Balaban J connectivity index is 1.60. The molecule has 3 rings (SSSR count). The van der Waals surface area contributed by atoms with Crippen molar-refractivity contribution in [3.8, 4) is 17.6 Å². The van der Waals surface area contributed by atoms with Crippen molar-refractivity contribution >= 4 is 5.91 Å². The molecule has 1 aliphatic heterocycles. The number of carbonyl (C=O) groups is 1. The molecule has 2 aromatic carbocycles. The highest BCUT2D eigenvalue weighted by atomic mass is 16.5. The van der Waals surface area contributed by atoms with Gasteiger partial charge in [-0.25, -0.2) is 0 Å². The molecule has 6 nitrogen and oxygen atoms in total. The predicted molar refractivity (Wildman–Crippen MR) is 102 cm³/mol. The Labute approximate surface area is 159 Å². The number of hydrogen-bond donors (Lipinski definition) is 0. The van der Waals surface area contributed by atoms with E-state index >= 15 is 0 Å². The number of carbonyl (C=O) groups excluding carboxylic acids is 1. The predicted octanol–water partition coefficient (Wildman–Crippen LogP) is 2.53. The molecule has 1 aliphatic rings. The minimum absolute atomic E-state index is 0.00905. The molecule has 27 heavy (non-hydrogen) atoms. The van der Waals surface area contributed by atoms with E-state index in [-0.39, 0.29) is 5.91 Å². The van der Waals surface area contributed by atoms with Crippen LogP contribution in [0.5, 0.6) is 11.5 Å². The second kappa shape index (κ2) is 8.56. The van der Waals surface area contributed by atoms with Gasteiger partial charge in [-0.2, -0.15) is 5.26 Å². The van der Waals surface area contributed by atoms with Crippen LogP contribution in [-0.2, 0) is 6.54 Å². The molecule has 140 valence electrons. The van der Waals surface area contributed by atoms with Crippen molar-refractivity contribution in [1.82, 2.24) is 9.80 Å². The van der Waals surface area contributed by atoms with Crippen LogP contribution in [0.15, 0.2) is 42.5 Å². The number of hydrogen-bond acceptors (Lipinski definition) is 5. The second-order valence-electron chi connectivity index (χ2n) is 6.48. The van der Waals surface area contributed by atoms with Gasteiger partial charge in [-0.3, -0.25) is 9.69 Å². The normalized spacial score (nSPS) is 14.5. The Morgan fingerprint density at radius 3 is 2.11 bits per heavy atom. The number of nitriles is 1. The first-order valence-corrected chi connectivity index (χ1v) is 8.86. The quantitative estimate of drug-likeness (QED) is 0.815. The Hall–Kier alpha value is -3.04. The summed E-state index contributed by atoms with van der Waals surface area (Å²) in [7, 11) is 3.15. The average molecular weight is 365 g/mol. The van der Waals surface area contributed by atoms with E-state index in [2.05, 4.69) is 11.0 Å². The summed E-state index contributed by atoms with van der Waals surface area (Å²) in [4.78, 5) is 17.0. The second-order valence-corrected chi connectivity index (χ2v) is 6.48. The molecule has 1 amide bonds. The fraction of sp³-hybridized carbons (Fsp3) is 0.333. The molecule has 6 heteroatoms. The van der Waals surface area contributed by atoms with Crippen LogP contribution in [0, 0.1) is 11.3 Å². The number of nitrogens with zero attached hydrogens (tertiary/aromatic N) is 3. The Morgan fingerprint density at radius 2 is 1.59 bits per heavy atom. The molecule has 0 spiro atoms. The Morgan fingerprint density at radius 1 is 1.00 bits per heavy atom. The third-order valence-corrected chi connectivity index (χ3v) is 4.75. The average Bonchev–Trinajstić information content (AvgIpc) is 2.74. The van der Waals surface area contributed by atoms with Gasteiger partial charge in [-0.1, -0.05) is 12.1 Å². The lowest BCUT2D eigenvalue weighted by Gasteiger charge is -2.35. The maximum Gasteiger partial charge on any atom is 0.254 e. The van der Waals surface area contributed by atoms with Crippen molar-refractivity contribution in [2.24, 2.45) is 0 Å². The number of ether oxygens (including phenoxy) is 2. The molecular formula is C21H23N3O3. The van der Waals surface area contributed by atoms with Crippen LogP contribution in [0.3, 0.4) is 0 Å². The highest BCUT2D eigenvalue weighted by Gasteiger charge is 2.23. The minimum atomic E-state index is -0.00905. The van der Waals surface area contributed by atoms with Crippen molar-refractivity contribution in [1.29, 1.82) is 5.26 Å². The van der Waals surface area contributed by atoms with E-state index in [0.29, 0.717) is 35.7 Å². The fourth-order valence-electron chi connectivity index (χ4n) is 3.17. The lowest BCUT2D eigenvalue weighted by atomic mass is 10.1. The molecule has 1 heterocycles. The van der Waals surface area contributed by atoms with Crippen LogP contribution in [0.4, 0.5) is 0 Å². The van der Waals surface area contributed by atoms with Crippen molar-refractivity contribution < 1.29 is 14.3 Å². The minimum Gasteiger partial charge on any atom is -0.497 e. The third-order valence-electron chi connectivity index (χ3n) is 4.75. The summed E-state index contributed by atoms with van der Waals surface area (Å²) in [5, 5.41) is 8.88. The summed E-state index contributed by atoms with van der Waals surface area (Å²) in [6, 6.07) is 15.0. The van der Waals surface area contributed by atoms with Gasteiger partial charge in [0, 0.05) is 44.4 Å². The van der Waals surface area contributed by atoms with Crippen LogP contribution in [0.25, 0.3) is 0 Å². The van der Waals surface area contributed by atoms with E-state index in [1.165, 1.54) is 5.56 Å². The van der Waals surface area contributed by atoms with E-state index in [4.69, 9.17) is 14.7 Å². The molecule has 0 aromatic heterocycles. The van der Waals surface area contributed by atoms with Crippen molar-refractivity contribution in [2.45, 2.75) is 6.54 Å². The maximum absolute atomic E-state index is 12.8. The zero-order valence-electron chi connectivity index (χ0n) is 15.6. The number of rotatable bonds is 5. The number of benzene rings is 2. The first-order chi connectivity index (χ1) is 13.1. The summed E-state index contributed by atoms with van der Waals surface area (Å²) in [5.74, 6) is 1.21. The monoisotopic (exact) mass is 365 g/mol. The molecular weight excluding hydrogens is 342 g/mol. The molecule has 0 bridgehead atoms. The molecule has 1 saturated heterocycles. The zero-order chi connectivity index (χ0) is 19.2. The summed E-state index contributed by atoms with van der Waals surface area (Å²) in [5.41, 5.74) is 2.42. The fourth-order valence-corrected chi connectivity index (χ4v) is 3.17. The van der Waals surface area contributed by atoms with Gasteiger partial charge >= 0.3 is 0 Å². The summed E-state index contributed by atoms with van der Waals surface area (Å²) in [6.07, 6.45) is 0. The van der Waals surface area contributed by atoms with E-state index in [1.807, 2.05) is 29.2 Å².